The standard InChI is InChI=1S/C16H18FN3O4S/c1-10-15(11(2)24-19-10)25(22,23)20-8-4-7-14(20)16(21)18-13-6-3-5-12(17)9-13/h3,5-6,9,14H,4,7-8H2,1-2H3,(H,18,21). The summed E-state index contributed by atoms with van der Waals surface area (Å²) in [6.07, 6.45) is 0.952. The molecule has 7 nitrogen and oxygen atoms in total. The lowest BCUT2D eigenvalue weighted by Gasteiger charge is -2.23. The molecule has 0 aliphatic carbocycles. The van der Waals surface area contributed by atoms with Crippen LogP contribution >= 0.6 is 0 Å². The molecule has 9 heteroatoms. The Morgan fingerprint density at radius 3 is 2.80 bits per heavy atom. The zero-order chi connectivity index (χ0) is 18.2. The van der Waals surface area contributed by atoms with Gasteiger partial charge in [0.15, 0.2) is 5.76 Å². The fraction of sp³-hybridized carbons (Fsp3) is 0.375. The number of carbonyl (C=O) groups is 1. The summed E-state index contributed by atoms with van der Waals surface area (Å²) in [7, 11) is -3.91. The second-order valence-corrected chi connectivity index (χ2v) is 7.75. The molecule has 25 heavy (non-hydrogen) atoms. The number of hydrogen-bond donors (Lipinski definition) is 1. The third-order valence-electron chi connectivity index (χ3n) is 4.13. The molecule has 2 aromatic rings. The highest BCUT2D eigenvalue weighted by Crippen LogP contribution is 2.30. The van der Waals surface area contributed by atoms with Crippen LogP contribution in [0.2, 0.25) is 0 Å². The fourth-order valence-corrected chi connectivity index (χ4v) is 4.99. The lowest BCUT2D eigenvalue weighted by Crippen LogP contribution is -2.43. The molecule has 2 heterocycles. The molecule has 1 aliphatic heterocycles. The molecule has 0 spiro atoms. The van der Waals surface area contributed by atoms with E-state index >= 15 is 0 Å². The Balaban J connectivity index is 1.86. The first-order valence-electron chi connectivity index (χ1n) is 7.82. The molecular weight excluding hydrogens is 349 g/mol. The number of nitrogens with zero attached hydrogens (tertiary/aromatic N) is 2. The normalized spacial score (nSPS) is 18.4. The van der Waals surface area contributed by atoms with Gasteiger partial charge in [0.05, 0.1) is 0 Å². The smallest absolute Gasteiger partial charge is 0.249 e. The summed E-state index contributed by atoms with van der Waals surface area (Å²) >= 11 is 0. The van der Waals surface area contributed by atoms with Gasteiger partial charge in [0.1, 0.15) is 22.4 Å². The number of aryl methyl sites for hydroxylation is 2. The van der Waals surface area contributed by atoms with Gasteiger partial charge in [0.2, 0.25) is 15.9 Å². The molecule has 1 aromatic carbocycles. The van der Waals surface area contributed by atoms with E-state index in [1.165, 1.54) is 25.1 Å². The number of sulfonamides is 1. The molecule has 1 N–H and O–H groups in total. The number of anilines is 1. The van der Waals surface area contributed by atoms with Gasteiger partial charge in [0, 0.05) is 12.2 Å². The molecule has 3 rings (SSSR count). The van der Waals surface area contributed by atoms with Gasteiger partial charge in [-0.2, -0.15) is 4.31 Å². The van der Waals surface area contributed by atoms with Crippen LogP contribution in [0.3, 0.4) is 0 Å². The van der Waals surface area contributed by atoms with Crippen molar-refractivity contribution in [2.24, 2.45) is 0 Å². The maximum atomic E-state index is 13.3. The van der Waals surface area contributed by atoms with Gasteiger partial charge in [-0.05, 0) is 44.9 Å². The van der Waals surface area contributed by atoms with Gasteiger partial charge in [-0.1, -0.05) is 11.2 Å². The molecule has 0 radical (unpaired) electrons. The maximum absolute atomic E-state index is 13.3. The van der Waals surface area contributed by atoms with Crippen molar-refractivity contribution in [1.82, 2.24) is 9.46 Å². The summed E-state index contributed by atoms with van der Waals surface area (Å²) in [4.78, 5) is 12.5. The van der Waals surface area contributed by atoms with E-state index in [2.05, 4.69) is 10.5 Å². The van der Waals surface area contributed by atoms with Crippen LogP contribution in [0.25, 0.3) is 0 Å². The van der Waals surface area contributed by atoms with E-state index in [-0.39, 0.29) is 28.6 Å². The Morgan fingerprint density at radius 2 is 2.16 bits per heavy atom. The molecule has 0 bridgehead atoms. The Labute approximate surface area is 144 Å². The van der Waals surface area contributed by atoms with Crippen LogP contribution in [0.1, 0.15) is 24.3 Å². The summed E-state index contributed by atoms with van der Waals surface area (Å²) in [6, 6.07) is 4.60. The van der Waals surface area contributed by atoms with Crippen LogP contribution in [-0.4, -0.2) is 36.4 Å². The second kappa shape index (κ2) is 6.57. The van der Waals surface area contributed by atoms with Gasteiger partial charge >= 0.3 is 0 Å². The van der Waals surface area contributed by atoms with E-state index in [0.717, 1.165) is 4.31 Å². The fourth-order valence-electron chi connectivity index (χ4n) is 3.04. The molecular formula is C16H18FN3O4S. The zero-order valence-corrected chi connectivity index (χ0v) is 14.6. The summed E-state index contributed by atoms with van der Waals surface area (Å²) in [5.41, 5.74) is 0.542. The lowest BCUT2D eigenvalue weighted by molar-refractivity contribution is -0.119. The highest BCUT2D eigenvalue weighted by Gasteiger charge is 2.41. The average Bonchev–Trinajstić information content (AvgIpc) is 3.15. The quantitative estimate of drug-likeness (QED) is 0.894. The van der Waals surface area contributed by atoms with Gasteiger partial charge in [-0.15, -0.1) is 0 Å². The minimum Gasteiger partial charge on any atom is -0.360 e. The number of hydrogen-bond acceptors (Lipinski definition) is 5. The number of carbonyl (C=O) groups excluding carboxylic acids is 1. The topological polar surface area (TPSA) is 92.5 Å². The van der Waals surface area contributed by atoms with E-state index < -0.39 is 27.8 Å². The average molecular weight is 367 g/mol. The van der Waals surface area contributed by atoms with E-state index in [1.807, 2.05) is 0 Å². The maximum Gasteiger partial charge on any atom is 0.249 e. The van der Waals surface area contributed by atoms with Gasteiger partial charge in [-0.3, -0.25) is 4.79 Å². The monoisotopic (exact) mass is 367 g/mol. The minimum atomic E-state index is -3.91. The third-order valence-corrected chi connectivity index (χ3v) is 6.29. The lowest BCUT2D eigenvalue weighted by atomic mass is 10.2. The first kappa shape index (κ1) is 17.6. The molecule has 134 valence electrons. The van der Waals surface area contributed by atoms with Crippen molar-refractivity contribution in [2.45, 2.75) is 37.6 Å². The Kier molecular flexibility index (Phi) is 4.61. The van der Waals surface area contributed by atoms with E-state index in [9.17, 15) is 17.6 Å². The number of rotatable bonds is 4. The molecule has 0 saturated carbocycles. The van der Waals surface area contributed by atoms with Crippen molar-refractivity contribution < 1.29 is 22.1 Å². The highest BCUT2D eigenvalue weighted by molar-refractivity contribution is 7.89. The number of nitrogens with one attached hydrogen (secondary N) is 1. The van der Waals surface area contributed by atoms with E-state index in [1.54, 1.807) is 13.0 Å². The van der Waals surface area contributed by atoms with Crippen LogP contribution in [0.4, 0.5) is 10.1 Å². The van der Waals surface area contributed by atoms with Crippen molar-refractivity contribution in [1.29, 1.82) is 0 Å². The van der Waals surface area contributed by atoms with Crippen LogP contribution in [0, 0.1) is 19.7 Å². The van der Waals surface area contributed by atoms with Crippen LogP contribution in [0.5, 0.6) is 0 Å². The number of aromatic nitrogens is 1. The Bertz CT molecular complexity index is 890. The van der Waals surface area contributed by atoms with Crippen molar-refractivity contribution >= 4 is 21.6 Å². The number of amides is 1. The van der Waals surface area contributed by atoms with E-state index in [0.29, 0.717) is 12.8 Å². The Hall–Kier alpha value is -2.26. The molecule has 1 atom stereocenters. The van der Waals surface area contributed by atoms with Gasteiger partial charge in [0.25, 0.3) is 0 Å². The molecule has 1 amide bonds. The van der Waals surface area contributed by atoms with Crippen molar-refractivity contribution in [3.05, 3.63) is 41.5 Å². The first-order valence-corrected chi connectivity index (χ1v) is 9.26. The van der Waals surface area contributed by atoms with Gasteiger partial charge in [-0.25, -0.2) is 12.8 Å². The van der Waals surface area contributed by atoms with E-state index in [4.69, 9.17) is 4.52 Å². The summed E-state index contributed by atoms with van der Waals surface area (Å²) in [5.74, 6) is -0.781. The molecule has 1 aromatic heterocycles. The highest BCUT2D eigenvalue weighted by atomic mass is 32.2. The van der Waals surface area contributed by atoms with Crippen LogP contribution in [0.15, 0.2) is 33.7 Å². The summed E-state index contributed by atoms with van der Waals surface area (Å²) in [6.45, 7) is 3.29. The number of halogens is 1. The third kappa shape index (κ3) is 3.29. The number of benzene rings is 1. The largest absolute Gasteiger partial charge is 0.360 e. The Morgan fingerprint density at radius 1 is 1.40 bits per heavy atom. The first-order chi connectivity index (χ1) is 11.8. The van der Waals surface area contributed by atoms with Crippen LogP contribution in [-0.2, 0) is 14.8 Å². The molecule has 1 fully saturated rings. The zero-order valence-electron chi connectivity index (χ0n) is 13.8. The van der Waals surface area contributed by atoms with Crippen molar-refractivity contribution in [3.63, 3.8) is 0 Å². The molecule has 1 unspecified atom stereocenters. The van der Waals surface area contributed by atoms with Crippen LogP contribution < -0.4 is 5.32 Å². The predicted octanol–water partition coefficient (Wildman–Crippen LogP) is 2.22. The second-order valence-electron chi connectivity index (χ2n) is 5.93. The SMILES string of the molecule is Cc1noc(C)c1S(=O)(=O)N1CCCC1C(=O)Nc1cccc(F)c1. The van der Waals surface area contributed by atoms with Gasteiger partial charge < -0.3 is 9.84 Å². The summed E-state index contributed by atoms with van der Waals surface area (Å²) in [5, 5.41) is 6.26. The minimum absolute atomic E-state index is 0.00189. The molecule has 1 aliphatic rings. The molecule has 1 saturated heterocycles. The predicted molar refractivity (Wildman–Crippen MR) is 87.9 cm³/mol. The van der Waals surface area contributed by atoms with Crippen molar-refractivity contribution in [2.75, 3.05) is 11.9 Å². The van der Waals surface area contributed by atoms with Crippen molar-refractivity contribution in [3.8, 4) is 0 Å². The summed E-state index contributed by atoms with van der Waals surface area (Å²) < 4.78 is 45.3.